The minimum atomic E-state index is -1.46. The Bertz CT molecular complexity index is 859. The second kappa shape index (κ2) is 11.6. The molecule has 0 saturated carbocycles. The van der Waals surface area contributed by atoms with Crippen LogP contribution in [0, 0.1) is 5.92 Å². The number of aliphatic hydroxyl groups is 1. The summed E-state index contributed by atoms with van der Waals surface area (Å²) in [6.07, 6.45) is 1.09. The first-order valence-electron chi connectivity index (χ1n) is 10.8. The van der Waals surface area contributed by atoms with Gasteiger partial charge in [-0.05, 0) is 42.9 Å². The molecule has 11 nitrogen and oxygen atoms in total. The Morgan fingerprint density at radius 1 is 1.15 bits per heavy atom. The number of carbonyl (C=O) groups is 4. The Morgan fingerprint density at radius 2 is 1.79 bits per heavy atom. The Morgan fingerprint density at radius 3 is 2.33 bits per heavy atom. The number of phenols is 1. The second-order valence-electron chi connectivity index (χ2n) is 8.48. The van der Waals surface area contributed by atoms with Crippen molar-refractivity contribution in [3.63, 3.8) is 0 Å². The van der Waals surface area contributed by atoms with E-state index in [1.165, 1.54) is 17.0 Å². The number of carbonyl (C=O) groups excluding carboxylic acids is 3. The number of aliphatic carboxylic acids is 1. The molecule has 1 fully saturated rings. The molecule has 11 heteroatoms. The average Bonchev–Trinajstić information content (AvgIpc) is 3.26. The first-order valence-corrected chi connectivity index (χ1v) is 10.8. The standard InChI is InChI=1S/C22H32N4O7/c1-12(2)18(25-19(29)15(23)10-13-5-7-14(28)8-6-13)21(31)26-9-3-4-17(26)20(30)24-16(11-27)22(32)33/h5-8,12,15-18,27-28H,3-4,9-11,23H2,1-2H3,(H,24,30)(H,25,29)(H,32,33). The molecule has 1 aromatic rings. The fourth-order valence-corrected chi connectivity index (χ4v) is 3.69. The highest BCUT2D eigenvalue weighted by Gasteiger charge is 2.39. The SMILES string of the molecule is CC(C)C(NC(=O)C(N)Cc1ccc(O)cc1)C(=O)N1CCCC1C(=O)NC(CO)C(=O)O. The average molecular weight is 465 g/mol. The number of hydrogen-bond acceptors (Lipinski definition) is 7. The predicted molar refractivity (Wildman–Crippen MR) is 118 cm³/mol. The molecule has 0 bridgehead atoms. The number of nitrogens with zero attached hydrogens (tertiary/aromatic N) is 1. The van der Waals surface area contributed by atoms with Gasteiger partial charge in [0.25, 0.3) is 0 Å². The van der Waals surface area contributed by atoms with Crippen molar-refractivity contribution in [2.45, 2.75) is 57.3 Å². The summed E-state index contributed by atoms with van der Waals surface area (Å²) in [6.45, 7) is 3.02. The fourth-order valence-electron chi connectivity index (χ4n) is 3.69. The molecule has 1 aromatic carbocycles. The van der Waals surface area contributed by atoms with Crippen LogP contribution in [0.5, 0.6) is 5.75 Å². The third-order valence-electron chi connectivity index (χ3n) is 5.59. The minimum absolute atomic E-state index is 0.0973. The van der Waals surface area contributed by atoms with E-state index >= 15 is 0 Å². The third-order valence-corrected chi connectivity index (χ3v) is 5.59. The first-order chi connectivity index (χ1) is 15.5. The van der Waals surface area contributed by atoms with Gasteiger partial charge in [0.05, 0.1) is 12.6 Å². The van der Waals surface area contributed by atoms with Crippen molar-refractivity contribution >= 4 is 23.7 Å². The van der Waals surface area contributed by atoms with E-state index in [4.69, 9.17) is 15.9 Å². The van der Waals surface area contributed by atoms with Crippen LogP contribution < -0.4 is 16.4 Å². The molecule has 182 valence electrons. The number of rotatable bonds is 10. The van der Waals surface area contributed by atoms with Crippen molar-refractivity contribution in [1.82, 2.24) is 15.5 Å². The van der Waals surface area contributed by atoms with Gasteiger partial charge in [0, 0.05) is 6.54 Å². The molecule has 7 N–H and O–H groups in total. The smallest absolute Gasteiger partial charge is 0.328 e. The lowest BCUT2D eigenvalue weighted by Crippen LogP contribution is -2.58. The third kappa shape index (κ3) is 6.90. The minimum Gasteiger partial charge on any atom is -0.508 e. The van der Waals surface area contributed by atoms with E-state index < -0.39 is 54.5 Å². The number of nitrogens with two attached hydrogens (primary N) is 1. The fraction of sp³-hybridized carbons (Fsp3) is 0.545. The summed E-state index contributed by atoms with van der Waals surface area (Å²) in [5, 5.41) is 32.5. The summed E-state index contributed by atoms with van der Waals surface area (Å²) in [4.78, 5) is 51.0. The number of carboxylic acid groups (broad SMARTS) is 1. The number of hydrogen-bond donors (Lipinski definition) is 6. The molecule has 33 heavy (non-hydrogen) atoms. The highest BCUT2D eigenvalue weighted by Crippen LogP contribution is 2.21. The summed E-state index contributed by atoms with van der Waals surface area (Å²) in [6, 6.07) is 2.07. The monoisotopic (exact) mass is 464 g/mol. The van der Waals surface area contributed by atoms with E-state index in [9.17, 15) is 24.3 Å². The van der Waals surface area contributed by atoms with E-state index in [0.717, 1.165) is 5.56 Å². The lowest BCUT2D eigenvalue weighted by molar-refractivity contribution is -0.146. The van der Waals surface area contributed by atoms with Crippen LogP contribution in [-0.2, 0) is 25.6 Å². The Kier molecular flexibility index (Phi) is 9.18. The van der Waals surface area contributed by atoms with Gasteiger partial charge >= 0.3 is 5.97 Å². The molecular weight excluding hydrogens is 432 g/mol. The van der Waals surface area contributed by atoms with E-state index in [0.29, 0.717) is 12.8 Å². The number of phenolic OH excluding ortho intramolecular Hbond substituents is 1. The van der Waals surface area contributed by atoms with Gasteiger partial charge in [-0.15, -0.1) is 0 Å². The van der Waals surface area contributed by atoms with E-state index in [-0.39, 0.29) is 24.6 Å². The Labute approximate surface area is 191 Å². The quantitative estimate of drug-likeness (QED) is 0.254. The van der Waals surface area contributed by atoms with Gasteiger partial charge in [-0.3, -0.25) is 14.4 Å². The summed E-state index contributed by atoms with van der Waals surface area (Å²) in [5.74, 6) is -3.22. The molecular formula is C22H32N4O7. The molecule has 1 aliphatic heterocycles. The summed E-state index contributed by atoms with van der Waals surface area (Å²) >= 11 is 0. The van der Waals surface area contributed by atoms with E-state index in [1.807, 2.05) is 0 Å². The van der Waals surface area contributed by atoms with Gasteiger partial charge in [-0.2, -0.15) is 0 Å². The van der Waals surface area contributed by atoms with Crippen LogP contribution in [-0.4, -0.2) is 81.2 Å². The van der Waals surface area contributed by atoms with E-state index in [1.54, 1.807) is 26.0 Å². The van der Waals surface area contributed by atoms with Crippen molar-refractivity contribution in [3.05, 3.63) is 29.8 Å². The lowest BCUT2D eigenvalue weighted by Gasteiger charge is -2.31. The Hall–Kier alpha value is -3.18. The highest BCUT2D eigenvalue weighted by molar-refractivity contribution is 5.94. The molecule has 0 aromatic heterocycles. The van der Waals surface area contributed by atoms with E-state index in [2.05, 4.69) is 10.6 Å². The largest absolute Gasteiger partial charge is 0.508 e. The zero-order valence-electron chi connectivity index (χ0n) is 18.7. The van der Waals surface area contributed by atoms with Gasteiger partial charge < -0.3 is 36.6 Å². The highest BCUT2D eigenvalue weighted by atomic mass is 16.4. The zero-order valence-corrected chi connectivity index (χ0v) is 18.7. The molecule has 4 unspecified atom stereocenters. The van der Waals surface area contributed by atoms with Crippen LogP contribution in [0.15, 0.2) is 24.3 Å². The molecule has 0 radical (unpaired) electrons. The normalized spacial score (nSPS) is 18.5. The van der Waals surface area contributed by atoms with Crippen LogP contribution in [0.3, 0.4) is 0 Å². The van der Waals surface area contributed by atoms with Crippen molar-refractivity contribution in [2.75, 3.05) is 13.2 Å². The maximum absolute atomic E-state index is 13.2. The topological polar surface area (TPSA) is 182 Å². The summed E-state index contributed by atoms with van der Waals surface area (Å²) < 4.78 is 0. The van der Waals surface area contributed by atoms with Crippen LogP contribution >= 0.6 is 0 Å². The molecule has 1 heterocycles. The van der Waals surface area contributed by atoms with Crippen molar-refractivity contribution in [2.24, 2.45) is 11.7 Å². The number of carboxylic acids is 1. The van der Waals surface area contributed by atoms with Crippen molar-refractivity contribution in [3.8, 4) is 5.75 Å². The summed E-state index contributed by atoms with van der Waals surface area (Å²) in [5.41, 5.74) is 6.77. The van der Waals surface area contributed by atoms with Gasteiger partial charge in [0.2, 0.25) is 17.7 Å². The molecule has 0 spiro atoms. The van der Waals surface area contributed by atoms with Gasteiger partial charge in [-0.25, -0.2) is 4.79 Å². The predicted octanol–water partition coefficient (Wildman–Crippen LogP) is -1.04. The molecule has 4 atom stereocenters. The number of nitrogens with one attached hydrogen (secondary N) is 2. The van der Waals surface area contributed by atoms with Gasteiger partial charge in [-0.1, -0.05) is 26.0 Å². The summed E-state index contributed by atoms with van der Waals surface area (Å²) in [7, 11) is 0. The molecule has 1 saturated heterocycles. The molecule has 0 aliphatic carbocycles. The van der Waals surface area contributed by atoms with Crippen LogP contribution in [0.4, 0.5) is 0 Å². The maximum Gasteiger partial charge on any atom is 0.328 e. The molecule has 3 amide bonds. The van der Waals surface area contributed by atoms with Crippen molar-refractivity contribution < 1.29 is 34.5 Å². The molecule has 2 rings (SSSR count). The van der Waals surface area contributed by atoms with Gasteiger partial charge in [0.15, 0.2) is 0 Å². The number of amides is 3. The lowest BCUT2D eigenvalue weighted by atomic mass is 10.00. The molecule has 1 aliphatic rings. The number of aromatic hydroxyl groups is 1. The zero-order chi connectivity index (χ0) is 24.7. The number of benzene rings is 1. The van der Waals surface area contributed by atoms with Crippen molar-refractivity contribution in [1.29, 1.82) is 0 Å². The Balaban J connectivity index is 2.06. The van der Waals surface area contributed by atoms with Crippen LogP contribution in [0.2, 0.25) is 0 Å². The number of aliphatic hydroxyl groups excluding tert-OH is 1. The maximum atomic E-state index is 13.2. The first kappa shape index (κ1) is 26.1. The number of likely N-dealkylation sites (tertiary alicyclic amines) is 1. The van der Waals surface area contributed by atoms with Gasteiger partial charge in [0.1, 0.15) is 23.9 Å². The second-order valence-corrected chi connectivity index (χ2v) is 8.48. The van der Waals surface area contributed by atoms with Crippen LogP contribution in [0.25, 0.3) is 0 Å². The van der Waals surface area contributed by atoms with Crippen LogP contribution in [0.1, 0.15) is 32.3 Å².